The maximum absolute atomic E-state index is 5.73. The molecule has 0 radical (unpaired) electrons. The fraction of sp³-hybridized carbons (Fsp3) is 1.00. The van der Waals surface area contributed by atoms with Gasteiger partial charge in [0.15, 0.2) is 0 Å². The zero-order valence-electron chi connectivity index (χ0n) is 11.3. The van der Waals surface area contributed by atoms with Gasteiger partial charge in [-0.3, -0.25) is 0 Å². The Kier molecular flexibility index (Phi) is 7.06. The molecule has 16 heavy (non-hydrogen) atoms. The molecule has 0 amide bonds. The molecule has 0 aliphatic carbocycles. The van der Waals surface area contributed by atoms with Crippen molar-refractivity contribution >= 4 is 0 Å². The van der Waals surface area contributed by atoms with Crippen molar-refractivity contribution in [3.8, 4) is 0 Å². The SMILES string of the molecule is CCCC(C)CC(CC1CCCO1)NCC. The number of rotatable bonds is 8. The predicted octanol–water partition coefficient (Wildman–Crippen LogP) is 3.36. The first-order valence-corrected chi connectivity index (χ1v) is 7.11. The van der Waals surface area contributed by atoms with Gasteiger partial charge in [-0.1, -0.05) is 33.6 Å². The van der Waals surface area contributed by atoms with Crippen LogP contribution in [0.3, 0.4) is 0 Å². The average molecular weight is 227 g/mol. The summed E-state index contributed by atoms with van der Waals surface area (Å²) in [7, 11) is 0. The first-order valence-electron chi connectivity index (χ1n) is 7.11. The molecule has 96 valence electrons. The van der Waals surface area contributed by atoms with Crippen molar-refractivity contribution < 1.29 is 4.74 Å². The second-order valence-corrected chi connectivity index (χ2v) is 5.25. The standard InChI is InChI=1S/C14H29NO/c1-4-7-12(3)10-13(15-5-2)11-14-8-6-9-16-14/h12-15H,4-11H2,1-3H3. The van der Waals surface area contributed by atoms with Crippen LogP contribution >= 0.6 is 0 Å². The van der Waals surface area contributed by atoms with Gasteiger partial charge in [0.25, 0.3) is 0 Å². The molecule has 2 heteroatoms. The lowest BCUT2D eigenvalue weighted by atomic mass is 9.93. The van der Waals surface area contributed by atoms with Gasteiger partial charge >= 0.3 is 0 Å². The predicted molar refractivity (Wildman–Crippen MR) is 69.7 cm³/mol. The Morgan fingerprint density at radius 3 is 2.75 bits per heavy atom. The molecule has 0 spiro atoms. The third-order valence-corrected chi connectivity index (χ3v) is 3.53. The van der Waals surface area contributed by atoms with E-state index in [0.29, 0.717) is 12.1 Å². The van der Waals surface area contributed by atoms with Crippen LogP contribution in [0, 0.1) is 5.92 Å². The van der Waals surface area contributed by atoms with E-state index in [-0.39, 0.29) is 0 Å². The molecular formula is C14H29NO. The van der Waals surface area contributed by atoms with Gasteiger partial charge in [-0.05, 0) is 38.1 Å². The highest BCUT2D eigenvalue weighted by Crippen LogP contribution is 2.21. The highest BCUT2D eigenvalue weighted by atomic mass is 16.5. The Hall–Kier alpha value is -0.0800. The van der Waals surface area contributed by atoms with Gasteiger partial charge in [-0.15, -0.1) is 0 Å². The van der Waals surface area contributed by atoms with Gasteiger partial charge in [0, 0.05) is 12.6 Å². The van der Waals surface area contributed by atoms with Crippen LogP contribution in [0.5, 0.6) is 0 Å². The summed E-state index contributed by atoms with van der Waals surface area (Å²) in [5.74, 6) is 0.843. The fourth-order valence-corrected chi connectivity index (χ4v) is 2.80. The van der Waals surface area contributed by atoms with Crippen LogP contribution in [-0.2, 0) is 4.74 Å². The largest absolute Gasteiger partial charge is 0.378 e. The van der Waals surface area contributed by atoms with E-state index in [1.807, 2.05) is 0 Å². The van der Waals surface area contributed by atoms with E-state index in [0.717, 1.165) is 19.1 Å². The summed E-state index contributed by atoms with van der Waals surface area (Å²) in [5.41, 5.74) is 0. The highest BCUT2D eigenvalue weighted by Gasteiger charge is 2.21. The van der Waals surface area contributed by atoms with Crippen LogP contribution < -0.4 is 5.32 Å². The lowest BCUT2D eigenvalue weighted by Gasteiger charge is -2.24. The molecule has 2 nitrogen and oxygen atoms in total. The van der Waals surface area contributed by atoms with Crippen LogP contribution in [0.25, 0.3) is 0 Å². The second kappa shape index (κ2) is 8.08. The summed E-state index contributed by atoms with van der Waals surface area (Å²) in [4.78, 5) is 0. The maximum atomic E-state index is 5.73. The molecule has 0 bridgehead atoms. The Balaban J connectivity index is 2.27. The van der Waals surface area contributed by atoms with Crippen LogP contribution in [0.1, 0.15) is 59.3 Å². The van der Waals surface area contributed by atoms with Crippen LogP contribution in [0.15, 0.2) is 0 Å². The molecule has 1 fully saturated rings. The summed E-state index contributed by atoms with van der Waals surface area (Å²) >= 11 is 0. The van der Waals surface area contributed by atoms with Gasteiger partial charge in [-0.25, -0.2) is 0 Å². The topological polar surface area (TPSA) is 21.3 Å². The van der Waals surface area contributed by atoms with Gasteiger partial charge in [0.05, 0.1) is 6.10 Å². The van der Waals surface area contributed by atoms with Crippen molar-refractivity contribution in [3.63, 3.8) is 0 Å². The lowest BCUT2D eigenvalue weighted by molar-refractivity contribution is 0.0918. The monoisotopic (exact) mass is 227 g/mol. The third kappa shape index (κ3) is 5.31. The van der Waals surface area contributed by atoms with Gasteiger partial charge in [-0.2, -0.15) is 0 Å². The van der Waals surface area contributed by atoms with E-state index in [1.165, 1.54) is 38.5 Å². The number of nitrogens with one attached hydrogen (secondary N) is 1. The zero-order chi connectivity index (χ0) is 11.8. The van der Waals surface area contributed by atoms with Crippen molar-refractivity contribution in [3.05, 3.63) is 0 Å². The van der Waals surface area contributed by atoms with E-state index in [4.69, 9.17) is 4.74 Å². The van der Waals surface area contributed by atoms with Gasteiger partial charge in [0.2, 0.25) is 0 Å². The summed E-state index contributed by atoms with van der Waals surface area (Å²) in [5, 5.41) is 3.62. The smallest absolute Gasteiger partial charge is 0.0590 e. The minimum Gasteiger partial charge on any atom is -0.378 e. The van der Waals surface area contributed by atoms with Crippen LogP contribution in [0.4, 0.5) is 0 Å². The Morgan fingerprint density at radius 1 is 1.38 bits per heavy atom. The second-order valence-electron chi connectivity index (χ2n) is 5.25. The van der Waals surface area contributed by atoms with Crippen molar-refractivity contribution in [1.82, 2.24) is 5.32 Å². The summed E-state index contributed by atoms with van der Waals surface area (Å²) in [6.45, 7) is 8.92. The minimum atomic E-state index is 0.526. The zero-order valence-corrected chi connectivity index (χ0v) is 11.3. The number of hydrogen-bond donors (Lipinski definition) is 1. The molecule has 0 aromatic carbocycles. The molecule has 1 N–H and O–H groups in total. The highest BCUT2D eigenvalue weighted by molar-refractivity contribution is 4.76. The molecule has 3 atom stereocenters. The summed E-state index contributed by atoms with van der Waals surface area (Å²) in [6, 6.07) is 0.662. The molecule has 1 rings (SSSR count). The summed E-state index contributed by atoms with van der Waals surface area (Å²) in [6.07, 6.45) is 8.23. The normalized spacial score (nSPS) is 24.6. The molecule has 1 aliphatic rings. The molecule has 1 aliphatic heterocycles. The van der Waals surface area contributed by atoms with E-state index in [9.17, 15) is 0 Å². The Bertz CT molecular complexity index is 166. The van der Waals surface area contributed by atoms with E-state index < -0.39 is 0 Å². The van der Waals surface area contributed by atoms with Gasteiger partial charge < -0.3 is 10.1 Å². The van der Waals surface area contributed by atoms with Crippen molar-refractivity contribution in [2.75, 3.05) is 13.2 Å². The minimum absolute atomic E-state index is 0.526. The quantitative estimate of drug-likeness (QED) is 0.686. The fourth-order valence-electron chi connectivity index (χ4n) is 2.80. The van der Waals surface area contributed by atoms with Crippen LogP contribution in [-0.4, -0.2) is 25.3 Å². The first kappa shape index (κ1) is 14.0. The van der Waals surface area contributed by atoms with Crippen molar-refractivity contribution in [1.29, 1.82) is 0 Å². The third-order valence-electron chi connectivity index (χ3n) is 3.53. The number of hydrogen-bond acceptors (Lipinski definition) is 2. The summed E-state index contributed by atoms with van der Waals surface area (Å²) < 4.78 is 5.73. The molecule has 3 unspecified atom stereocenters. The van der Waals surface area contributed by atoms with E-state index >= 15 is 0 Å². The van der Waals surface area contributed by atoms with Gasteiger partial charge in [0.1, 0.15) is 0 Å². The Labute approximate surface area is 101 Å². The molecule has 0 aromatic rings. The van der Waals surface area contributed by atoms with Crippen molar-refractivity contribution in [2.24, 2.45) is 5.92 Å². The average Bonchev–Trinajstić information content (AvgIpc) is 2.71. The van der Waals surface area contributed by atoms with Crippen molar-refractivity contribution in [2.45, 2.75) is 71.4 Å². The molecule has 0 saturated carbocycles. The van der Waals surface area contributed by atoms with Crippen LogP contribution in [0.2, 0.25) is 0 Å². The lowest BCUT2D eigenvalue weighted by Crippen LogP contribution is -2.34. The number of ether oxygens (including phenoxy) is 1. The molecule has 1 saturated heterocycles. The molecule has 1 heterocycles. The van der Waals surface area contributed by atoms with E-state index in [2.05, 4.69) is 26.1 Å². The molecular weight excluding hydrogens is 198 g/mol. The Morgan fingerprint density at radius 2 is 2.19 bits per heavy atom. The first-order chi connectivity index (χ1) is 7.76. The maximum Gasteiger partial charge on any atom is 0.0590 e. The van der Waals surface area contributed by atoms with E-state index in [1.54, 1.807) is 0 Å². The molecule has 0 aromatic heterocycles.